The first-order valence-corrected chi connectivity index (χ1v) is 11.8. The van der Waals surface area contributed by atoms with Gasteiger partial charge in [0, 0.05) is 28.3 Å². The predicted octanol–water partition coefficient (Wildman–Crippen LogP) is 3.74. The number of rotatable bonds is 7. The molecule has 0 unspecified atom stereocenters. The van der Waals surface area contributed by atoms with Gasteiger partial charge in [-0.25, -0.2) is 9.18 Å². The van der Waals surface area contributed by atoms with Crippen LogP contribution in [0.25, 0.3) is 0 Å². The van der Waals surface area contributed by atoms with Gasteiger partial charge in [0.05, 0.1) is 18.6 Å². The van der Waals surface area contributed by atoms with Crippen molar-refractivity contribution in [3.63, 3.8) is 0 Å². The molecule has 1 aliphatic carbocycles. The Labute approximate surface area is 191 Å². The predicted molar refractivity (Wildman–Crippen MR) is 120 cm³/mol. The molecule has 1 heterocycles. The number of hydrogen-bond donors (Lipinski definition) is 1. The van der Waals surface area contributed by atoms with E-state index < -0.39 is 35.4 Å². The zero-order chi connectivity index (χ0) is 23.4. The summed E-state index contributed by atoms with van der Waals surface area (Å²) in [7, 11) is 1.24. The number of hydrogen-bond acceptors (Lipinski definition) is 7. The summed E-state index contributed by atoms with van der Waals surface area (Å²) in [4.78, 5) is 39.0. The minimum atomic E-state index is -1.01. The van der Waals surface area contributed by atoms with Crippen LogP contribution in [-0.2, 0) is 23.9 Å². The van der Waals surface area contributed by atoms with Crippen LogP contribution >= 0.6 is 11.8 Å². The Morgan fingerprint density at radius 1 is 1.28 bits per heavy atom. The lowest BCUT2D eigenvalue weighted by Gasteiger charge is -2.38. The number of thioether (sulfide) groups is 1. The van der Waals surface area contributed by atoms with E-state index >= 15 is 0 Å². The van der Waals surface area contributed by atoms with Crippen molar-refractivity contribution in [2.45, 2.75) is 33.1 Å². The van der Waals surface area contributed by atoms with Gasteiger partial charge in [0.2, 0.25) is 0 Å². The summed E-state index contributed by atoms with van der Waals surface area (Å²) in [5.74, 6) is -2.96. The number of dihydropyridines is 1. The van der Waals surface area contributed by atoms with Gasteiger partial charge in [-0.15, -0.1) is 0 Å². The molecule has 0 bridgehead atoms. The number of esters is 2. The quantitative estimate of drug-likeness (QED) is 0.376. The van der Waals surface area contributed by atoms with Gasteiger partial charge in [-0.2, -0.15) is 11.8 Å². The third kappa shape index (κ3) is 4.60. The maximum absolute atomic E-state index is 15.0. The van der Waals surface area contributed by atoms with Crippen molar-refractivity contribution < 1.29 is 28.2 Å². The summed E-state index contributed by atoms with van der Waals surface area (Å²) >= 11 is 1.64. The molecule has 0 spiro atoms. The Morgan fingerprint density at radius 2 is 2.00 bits per heavy atom. The average molecular weight is 462 g/mol. The number of benzene rings is 1. The number of methoxy groups -OCH3 is 1. The lowest BCUT2D eigenvalue weighted by molar-refractivity contribution is -0.151. The van der Waals surface area contributed by atoms with Gasteiger partial charge in [-0.05, 0) is 31.1 Å². The number of allylic oxidation sites excluding steroid dienone is 3. The van der Waals surface area contributed by atoms with Gasteiger partial charge in [-0.3, -0.25) is 9.59 Å². The topological polar surface area (TPSA) is 81.7 Å². The summed E-state index contributed by atoms with van der Waals surface area (Å²) in [5.41, 5.74) is 1.72. The Morgan fingerprint density at radius 3 is 2.66 bits per heavy atom. The number of halogens is 1. The van der Waals surface area contributed by atoms with Crippen LogP contribution < -0.4 is 5.32 Å². The second kappa shape index (κ2) is 10.3. The van der Waals surface area contributed by atoms with Gasteiger partial charge in [0.1, 0.15) is 18.3 Å². The molecule has 0 radical (unpaired) electrons. The van der Waals surface area contributed by atoms with Crippen LogP contribution in [0, 0.1) is 17.7 Å². The third-order valence-electron chi connectivity index (χ3n) is 5.84. The summed E-state index contributed by atoms with van der Waals surface area (Å²) in [6.45, 7) is 5.74. The third-order valence-corrected chi connectivity index (χ3v) is 6.71. The molecule has 1 N–H and O–H groups in total. The number of Topliss-reactive ketones (excluding diaryl/α,β-unsaturated/α-hetero) is 1. The molecule has 32 heavy (non-hydrogen) atoms. The second-order valence-electron chi connectivity index (χ2n) is 7.89. The van der Waals surface area contributed by atoms with Crippen LogP contribution in [0.4, 0.5) is 4.39 Å². The van der Waals surface area contributed by atoms with Gasteiger partial charge >= 0.3 is 11.9 Å². The first-order chi connectivity index (χ1) is 15.3. The summed E-state index contributed by atoms with van der Waals surface area (Å²) < 4.78 is 25.3. The van der Waals surface area contributed by atoms with Gasteiger partial charge in [0.15, 0.2) is 5.78 Å². The van der Waals surface area contributed by atoms with E-state index in [4.69, 9.17) is 9.47 Å². The second-order valence-corrected chi connectivity index (χ2v) is 9.28. The van der Waals surface area contributed by atoms with Crippen molar-refractivity contribution in [1.82, 2.24) is 5.32 Å². The van der Waals surface area contributed by atoms with Crippen molar-refractivity contribution in [1.29, 1.82) is 0 Å². The Kier molecular flexibility index (Phi) is 7.77. The van der Waals surface area contributed by atoms with Crippen molar-refractivity contribution >= 4 is 29.5 Å². The number of carbonyl (C=O) groups excluding carboxylic acids is 3. The van der Waals surface area contributed by atoms with Gasteiger partial charge in [-0.1, -0.05) is 32.0 Å². The maximum Gasteiger partial charge on any atom is 0.336 e. The number of ether oxygens (including phenoxy) is 2. The molecular formula is C24H28FNO5S. The minimum Gasteiger partial charge on any atom is -0.468 e. The summed E-state index contributed by atoms with van der Waals surface area (Å²) in [6.07, 6.45) is 0.401. The molecule has 0 fully saturated rings. The van der Waals surface area contributed by atoms with E-state index in [0.717, 1.165) is 5.75 Å². The molecule has 0 saturated heterocycles. The van der Waals surface area contributed by atoms with Crippen molar-refractivity contribution in [2.75, 3.05) is 25.2 Å². The normalized spacial score (nSPS) is 22.9. The number of carbonyl (C=O) groups is 3. The zero-order valence-electron chi connectivity index (χ0n) is 18.7. The SMILES string of the molecule is CCSCCOC(=O)C1=C(C)NC2=C(C(=O)[C@H](C(=O)OC)[C@H](C)C2)[C@H]1c1ccccc1F. The fourth-order valence-electron chi connectivity index (χ4n) is 4.39. The molecule has 0 saturated carbocycles. The first-order valence-electron chi connectivity index (χ1n) is 10.6. The molecule has 1 aliphatic heterocycles. The minimum absolute atomic E-state index is 0.182. The fraction of sp³-hybridized carbons (Fsp3) is 0.458. The monoisotopic (exact) mass is 461 g/mol. The van der Waals surface area contributed by atoms with E-state index in [1.807, 2.05) is 6.92 Å². The highest BCUT2D eigenvalue weighted by molar-refractivity contribution is 7.99. The van der Waals surface area contributed by atoms with Crippen molar-refractivity contribution in [3.8, 4) is 0 Å². The molecule has 1 aromatic rings. The van der Waals surface area contributed by atoms with Crippen LogP contribution in [0.5, 0.6) is 0 Å². The molecule has 6 nitrogen and oxygen atoms in total. The average Bonchev–Trinajstić information content (AvgIpc) is 2.75. The molecule has 3 atom stereocenters. The van der Waals surface area contributed by atoms with Gasteiger partial charge < -0.3 is 14.8 Å². The van der Waals surface area contributed by atoms with E-state index in [0.29, 0.717) is 23.6 Å². The van der Waals surface area contributed by atoms with Crippen LogP contribution in [0.2, 0.25) is 0 Å². The Bertz CT molecular complexity index is 986. The molecule has 1 aromatic carbocycles. The Balaban J connectivity index is 2.09. The molecule has 2 aliphatic rings. The highest BCUT2D eigenvalue weighted by Crippen LogP contribution is 2.46. The maximum atomic E-state index is 15.0. The summed E-state index contributed by atoms with van der Waals surface area (Å²) in [6, 6.07) is 6.06. The van der Waals surface area contributed by atoms with Gasteiger partial charge in [0.25, 0.3) is 0 Å². The van der Waals surface area contributed by atoms with Crippen molar-refractivity contribution in [2.24, 2.45) is 11.8 Å². The van der Waals surface area contributed by atoms with E-state index in [1.165, 1.54) is 13.2 Å². The number of ketones is 1. The van der Waals surface area contributed by atoms with E-state index in [1.54, 1.807) is 43.8 Å². The number of nitrogens with one attached hydrogen (secondary N) is 1. The molecule has 3 rings (SSSR count). The van der Waals surface area contributed by atoms with E-state index in [2.05, 4.69) is 5.32 Å². The van der Waals surface area contributed by atoms with Crippen molar-refractivity contribution in [3.05, 3.63) is 58.2 Å². The highest BCUT2D eigenvalue weighted by atomic mass is 32.2. The summed E-state index contributed by atoms with van der Waals surface area (Å²) in [5, 5.41) is 3.17. The van der Waals surface area contributed by atoms with Crippen LogP contribution in [0.1, 0.15) is 38.7 Å². The molecular weight excluding hydrogens is 433 g/mol. The smallest absolute Gasteiger partial charge is 0.336 e. The molecule has 0 amide bonds. The molecule has 8 heteroatoms. The lowest BCUT2D eigenvalue weighted by Crippen LogP contribution is -2.43. The van der Waals surface area contributed by atoms with Crippen LogP contribution in [0.3, 0.4) is 0 Å². The van der Waals surface area contributed by atoms with E-state index in [-0.39, 0.29) is 29.2 Å². The highest BCUT2D eigenvalue weighted by Gasteiger charge is 2.47. The fourth-order valence-corrected chi connectivity index (χ4v) is 4.88. The van der Waals surface area contributed by atoms with Crippen LogP contribution in [-0.4, -0.2) is 42.9 Å². The molecule has 172 valence electrons. The largest absolute Gasteiger partial charge is 0.468 e. The molecule has 0 aromatic heterocycles. The lowest BCUT2D eigenvalue weighted by atomic mass is 9.69. The van der Waals surface area contributed by atoms with E-state index in [9.17, 15) is 18.8 Å². The standard InChI is InChI=1S/C24H28FNO5S/c1-5-32-11-10-31-24(29)19-14(3)26-17-12-13(2)18(23(28)30-4)22(27)21(17)20(19)15-8-6-7-9-16(15)25/h6-9,13,18,20,26H,5,10-12H2,1-4H3/t13-,18-,20+/m1/s1. The zero-order valence-corrected chi connectivity index (χ0v) is 19.5. The first kappa shape index (κ1) is 24.0. The Hall–Kier alpha value is -2.61. The van der Waals surface area contributed by atoms with Crippen LogP contribution in [0.15, 0.2) is 46.8 Å².